The molecule has 37 heavy (non-hydrogen) atoms. The van der Waals surface area contributed by atoms with Crippen molar-refractivity contribution in [2.75, 3.05) is 30.0 Å². The number of hydrogen-bond donors (Lipinski definition) is 2. The first-order valence-corrected chi connectivity index (χ1v) is 13.6. The summed E-state index contributed by atoms with van der Waals surface area (Å²) in [5.41, 5.74) is 2.55. The van der Waals surface area contributed by atoms with E-state index in [0.717, 1.165) is 33.6 Å². The van der Waals surface area contributed by atoms with Gasteiger partial charge >= 0.3 is 0 Å². The molecule has 1 fully saturated rings. The molecule has 1 aromatic carbocycles. The number of rotatable bonds is 6. The summed E-state index contributed by atoms with van der Waals surface area (Å²) in [6.45, 7) is 1.47. The normalized spacial score (nSPS) is 15.2. The van der Waals surface area contributed by atoms with E-state index < -0.39 is 20.9 Å². The van der Waals surface area contributed by atoms with Crippen LogP contribution in [0, 0.1) is 5.41 Å². The van der Waals surface area contributed by atoms with E-state index in [1.165, 1.54) is 13.2 Å². The highest BCUT2D eigenvalue weighted by molar-refractivity contribution is 7.86. The smallest absolute Gasteiger partial charge is 0.296 e. The number of amides is 2. The topological polar surface area (TPSA) is 144 Å². The van der Waals surface area contributed by atoms with E-state index >= 15 is 0 Å². The maximum atomic E-state index is 13.2. The lowest BCUT2D eigenvalue weighted by molar-refractivity contribution is 0.0766. The van der Waals surface area contributed by atoms with Gasteiger partial charge < -0.3 is 9.64 Å². The second-order valence-electron chi connectivity index (χ2n) is 8.38. The Kier molecular flexibility index (Phi) is 6.40. The summed E-state index contributed by atoms with van der Waals surface area (Å²) in [4.78, 5) is 34.3. The summed E-state index contributed by atoms with van der Waals surface area (Å²) in [5, 5.41) is 7.91. The Morgan fingerprint density at radius 1 is 1.32 bits per heavy atom. The zero-order valence-corrected chi connectivity index (χ0v) is 21.7. The number of nitrogens with zero attached hydrogens (tertiary/aromatic N) is 4. The van der Waals surface area contributed by atoms with Gasteiger partial charge in [-0.05, 0) is 29.8 Å². The standard InChI is InChI=1S/C23H20ClN5O6S2/c1-27(22(31)19-17(37(32,33)34)10-18(24)36-19)20-16-12-28(21(30)15(16)5-6-26-20)11-13-3-2-4-14(9-13)29-7-8-35-23(29)25/h2-6,9-10,25H,7-8,11-12H2,1H3,(H,32,33,34). The molecular formula is C23H20ClN5O6S2. The van der Waals surface area contributed by atoms with Gasteiger partial charge in [-0.1, -0.05) is 23.7 Å². The van der Waals surface area contributed by atoms with Crippen LogP contribution in [0.25, 0.3) is 0 Å². The van der Waals surface area contributed by atoms with Crippen molar-refractivity contribution in [1.82, 2.24) is 9.88 Å². The second-order valence-corrected chi connectivity index (χ2v) is 11.5. The number of fused-ring (bicyclic) bond motifs is 1. The highest BCUT2D eigenvalue weighted by atomic mass is 35.5. The molecular weight excluding hydrogens is 542 g/mol. The number of amidine groups is 1. The minimum atomic E-state index is -4.68. The number of hydrogen-bond acceptors (Lipinski definition) is 8. The number of carbonyl (C=O) groups is 2. The SMILES string of the molecule is CN(C(=O)c1sc(Cl)cc1S(=O)(=O)O)c1nccc2c1CN(Cc1cccc(N3CCOC3=N)c1)C2=O. The van der Waals surface area contributed by atoms with Crippen LogP contribution in [-0.2, 0) is 27.9 Å². The zero-order chi connectivity index (χ0) is 26.5. The number of thiophene rings is 1. The molecule has 3 aromatic rings. The Morgan fingerprint density at radius 3 is 2.81 bits per heavy atom. The first-order chi connectivity index (χ1) is 17.5. The van der Waals surface area contributed by atoms with Crippen LogP contribution < -0.4 is 9.80 Å². The number of benzene rings is 1. The number of aromatic nitrogens is 1. The molecule has 0 aliphatic carbocycles. The van der Waals surface area contributed by atoms with Gasteiger partial charge in [0.2, 0.25) is 0 Å². The minimum Gasteiger partial charge on any atom is -0.463 e. The Bertz CT molecular complexity index is 1560. The minimum absolute atomic E-state index is 0.0230. The lowest BCUT2D eigenvalue weighted by Gasteiger charge is -2.20. The van der Waals surface area contributed by atoms with Crippen molar-refractivity contribution >= 4 is 62.4 Å². The first kappa shape index (κ1) is 25.1. The third-order valence-electron chi connectivity index (χ3n) is 6.06. The van der Waals surface area contributed by atoms with E-state index in [1.807, 2.05) is 24.3 Å². The van der Waals surface area contributed by atoms with Crippen LogP contribution in [0.4, 0.5) is 11.5 Å². The first-order valence-electron chi connectivity index (χ1n) is 10.9. The van der Waals surface area contributed by atoms with Gasteiger partial charge in [0.25, 0.3) is 28.0 Å². The Labute approximate surface area is 221 Å². The Hall–Kier alpha value is -3.52. The fourth-order valence-corrected chi connectivity index (χ4v) is 6.59. The van der Waals surface area contributed by atoms with Crippen LogP contribution in [0.3, 0.4) is 0 Å². The van der Waals surface area contributed by atoms with Gasteiger partial charge in [-0.25, -0.2) is 4.98 Å². The third-order valence-corrected chi connectivity index (χ3v) is 8.32. The van der Waals surface area contributed by atoms with Crippen LogP contribution in [0.2, 0.25) is 4.34 Å². The van der Waals surface area contributed by atoms with E-state index in [-0.39, 0.29) is 40.0 Å². The molecule has 2 amide bonds. The molecule has 0 bridgehead atoms. The predicted molar refractivity (Wildman–Crippen MR) is 137 cm³/mol. The van der Waals surface area contributed by atoms with Crippen LogP contribution >= 0.6 is 22.9 Å². The fourth-order valence-electron chi connectivity index (χ4n) is 4.32. The van der Waals surface area contributed by atoms with Gasteiger partial charge in [-0.3, -0.25) is 29.4 Å². The van der Waals surface area contributed by atoms with Crippen molar-refractivity contribution in [1.29, 1.82) is 5.41 Å². The van der Waals surface area contributed by atoms with E-state index in [4.69, 9.17) is 21.7 Å². The van der Waals surface area contributed by atoms with Crippen LogP contribution in [-0.4, -0.2) is 60.9 Å². The van der Waals surface area contributed by atoms with Crippen molar-refractivity contribution in [3.63, 3.8) is 0 Å². The summed E-state index contributed by atoms with van der Waals surface area (Å²) in [7, 11) is -3.27. The molecule has 0 unspecified atom stereocenters. The molecule has 2 aliphatic rings. The number of nitrogens with one attached hydrogen (secondary N) is 1. The second kappa shape index (κ2) is 9.41. The molecule has 192 valence electrons. The van der Waals surface area contributed by atoms with Crippen molar-refractivity contribution in [3.05, 3.63) is 68.5 Å². The van der Waals surface area contributed by atoms with Crippen LogP contribution in [0.1, 0.15) is 31.2 Å². The molecule has 2 aromatic heterocycles. The van der Waals surface area contributed by atoms with Gasteiger partial charge in [0.15, 0.2) is 0 Å². The predicted octanol–water partition coefficient (Wildman–Crippen LogP) is 3.25. The molecule has 1 saturated heterocycles. The molecule has 4 heterocycles. The van der Waals surface area contributed by atoms with Gasteiger partial charge in [0, 0.05) is 36.6 Å². The molecule has 0 spiro atoms. The summed E-state index contributed by atoms with van der Waals surface area (Å²) < 4.78 is 38.2. The summed E-state index contributed by atoms with van der Waals surface area (Å²) >= 11 is 6.64. The average molecular weight is 562 g/mol. The fraction of sp³-hybridized carbons (Fsp3) is 0.217. The molecule has 2 N–H and O–H groups in total. The third kappa shape index (κ3) is 4.66. The van der Waals surface area contributed by atoms with E-state index in [2.05, 4.69) is 4.98 Å². The summed E-state index contributed by atoms with van der Waals surface area (Å²) in [5.74, 6) is -0.778. The number of anilines is 2. The Morgan fingerprint density at radius 2 is 2.11 bits per heavy atom. The van der Waals surface area contributed by atoms with Crippen LogP contribution in [0.5, 0.6) is 0 Å². The Balaban J connectivity index is 1.40. The lowest BCUT2D eigenvalue weighted by Crippen LogP contribution is -2.29. The molecule has 0 atom stereocenters. The maximum absolute atomic E-state index is 13.2. The highest BCUT2D eigenvalue weighted by Gasteiger charge is 2.34. The largest absolute Gasteiger partial charge is 0.463 e. The van der Waals surface area contributed by atoms with Crippen molar-refractivity contribution in [2.24, 2.45) is 0 Å². The van der Waals surface area contributed by atoms with E-state index in [1.54, 1.807) is 15.9 Å². The van der Waals surface area contributed by atoms with Gasteiger partial charge in [0.05, 0.1) is 17.4 Å². The van der Waals surface area contributed by atoms with Crippen LogP contribution in [0.15, 0.2) is 47.5 Å². The summed E-state index contributed by atoms with van der Waals surface area (Å²) in [6, 6.07) is 10.2. The number of carbonyl (C=O) groups excluding carboxylic acids is 2. The zero-order valence-electron chi connectivity index (χ0n) is 19.3. The molecule has 2 aliphatic heterocycles. The molecule has 5 rings (SSSR count). The van der Waals surface area contributed by atoms with Gasteiger partial charge in [-0.15, -0.1) is 11.3 Å². The monoisotopic (exact) mass is 561 g/mol. The van der Waals surface area contributed by atoms with E-state index in [9.17, 15) is 22.6 Å². The number of ether oxygens (including phenoxy) is 1. The molecule has 11 nitrogen and oxygen atoms in total. The number of pyridine rings is 1. The van der Waals surface area contributed by atoms with Gasteiger partial charge in [-0.2, -0.15) is 8.42 Å². The van der Waals surface area contributed by atoms with Crippen molar-refractivity contribution in [3.8, 4) is 0 Å². The summed E-state index contributed by atoms with van der Waals surface area (Å²) in [6.07, 6.45) is 1.41. The van der Waals surface area contributed by atoms with Crippen molar-refractivity contribution in [2.45, 2.75) is 18.0 Å². The van der Waals surface area contributed by atoms with Gasteiger partial charge in [0.1, 0.15) is 22.2 Å². The van der Waals surface area contributed by atoms with E-state index in [0.29, 0.717) is 24.3 Å². The maximum Gasteiger partial charge on any atom is 0.296 e. The lowest BCUT2D eigenvalue weighted by atomic mass is 10.1. The number of halogens is 1. The quantitative estimate of drug-likeness (QED) is 0.436. The molecule has 0 radical (unpaired) electrons. The molecule has 14 heteroatoms. The molecule has 0 saturated carbocycles. The highest BCUT2D eigenvalue weighted by Crippen LogP contribution is 2.35. The average Bonchev–Trinajstić information content (AvgIpc) is 3.55. The van der Waals surface area contributed by atoms with Crippen molar-refractivity contribution < 1.29 is 27.3 Å².